The number of hydrogen-bond acceptors (Lipinski definition) is 4. The van der Waals surface area contributed by atoms with E-state index in [1.54, 1.807) is 4.90 Å². The standard InChI is InChI=1S/C12H24N4O3/c1-5-6-14-11(19)15-10(18)8-16(7-9(13)17)12(2,3)4/h5-8H2,1-4H3,(H2,13,17)(H2,14,15,18,19). The second-order valence-corrected chi connectivity index (χ2v) is 5.30. The Morgan fingerprint density at radius 2 is 1.74 bits per heavy atom. The number of hydrogen-bond donors (Lipinski definition) is 3. The molecule has 0 unspecified atom stereocenters. The minimum Gasteiger partial charge on any atom is -0.369 e. The van der Waals surface area contributed by atoms with Crippen molar-refractivity contribution in [1.29, 1.82) is 0 Å². The van der Waals surface area contributed by atoms with Gasteiger partial charge in [0.25, 0.3) is 0 Å². The number of carbonyl (C=O) groups is 3. The predicted octanol–water partition coefficient (Wildman–Crippen LogP) is -0.192. The van der Waals surface area contributed by atoms with Gasteiger partial charge in [0.1, 0.15) is 0 Å². The van der Waals surface area contributed by atoms with Crippen LogP contribution in [0.4, 0.5) is 4.79 Å². The summed E-state index contributed by atoms with van der Waals surface area (Å²) in [5.41, 5.74) is 4.74. The maximum absolute atomic E-state index is 11.7. The van der Waals surface area contributed by atoms with E-state index in [9.17, 15) is 14.4 Å². The molecule has 110 valence electrons. The molecule has 0 heterocycles. The van der Waals surface area contributed by atoms with Crippen LogP contribution in [0.1, 0.15) is 34.1 Å². The first-order chi connectivity index (χ1) is 8.66. The fraction of sp³-hybridized carbons (Fsp3) is 0.750. The minimum atomic E-state index is -0.528. The molecule has 0 saturated carbocycles. The van der Waals surface area contributed by atoms with Crippen LogP contribution in [-0.2, 0) is 9.59 Å². The van der Waals surface area contributed by atoms with Crippen molar-refractivity contribution in [2.24, 2.45) is 5.73 Å². The van der Waals surface area contributed by atoms with E-state index in [2.05, 4.69) is 10.6 Å². The van der Waals surface area contributed by atoms with Crippen molar-refractivity contribution in [3.05, 3.63) is 0 Å². The Balaban J connectivity index is 4.39. The summed E-state index contributed by atoms with van der Waals surface area (Å²) < 4.78 is 0. The van der Waals surface area contributed by atoms with Crippen molar-refractivity contribution in [2.45, 2.75) is 39.7 Å². The summed E-state index contributed by atoms with van der Waals surface area (Å²) in [7, 11) is 0. The molecule has 0 fully saturated rings. The van der Waals surface area contributed by atoms with Gasteiger partial charge in [0, 0.05) is 12.1 Å². The number of nitrogens with zero attached hydrogens (tertiary/aromatic N) is 1. The number of nitrogens with two attached hydrogens (primary N) is 1. The summed E-state index contributed by atoms with van der Waals surface area (Å²) in [6.07, 6.45) is 0.789. The Morgan fingerprint density at radius 1 is 1.16 bits per heavy atom. The van der Waals surface area contributed by atoms with Gasteiger partial charge in [0.2, 0.25) is 11.8 Å². The summed E-state index contributed by atoms with van der Waals surface area (Å²) in [6, 6.07) is -0.528. The predicted molar refractivity (Wildman–Crippen MR) is 72.4 cm³/mol. The van der Waals surface area contributed by atoms with E-state index in [1.807, 2.05) is 27.7 Å². The van der Waals surface area contributed by atoms with Gasteiger partial charge in [0.05, 0.1) is 13.1 Å². The number of urea groups is 1. The van der Waals surface area contributed by atoms with Crippen molar-refractivity contribution < 1.29 is 14.4 Å². The molecule has 0 aromatic heterocycles. The fourth-order valence-corrected chi connectivity index (χ4v) is 1.34. The Kier molecular flexibility index (Phi) is 7.06. The molecule has 4 amide bonds. The molecule has 4 N–H and O–H groups in total. The third-order valence-corrected chi connectivity index (χ3v) is 2.42. The van der Waals surface area contributed by atoms with Crippen LogP contribution in [0.3, 0.4) is 0 Å². The lowest BCUT2D eigenvalue weighted by Crippen LogP contribution is -2.52. The van der Waals surface area contributed by atoms with Gasteiger partial charge in [-0.25, -0.2) is 4.79 Å². The third-order valence-electron chi connectivity index (χ3n) is 2.42. The molecule has 0 rings (SSSR count). The normalized spacial score (nSPS) is 11.2. The number of rotatable bonds is 6. The first kappa shape index (κ1) is 17.4. The zero-order chi connectivity index (χ0) is 15.1. The summed E-state index contributed by atoms with van der Waals surface area (Å²) in [4.78, 5) is 35.6. The highest BCUT2D eigenvalue weighted by atomic mass is 16.2. The molecular weight excluding hydrogens is 248 g/mol. The average Bonchev–Trinajstić information content (AvgIpc) is 2.23. The van der Waals surface area contributed by atoms with Gasteiger partial charge in [-0.15, -0.1) is 0 Å². The molecule has 7 nitrogen and oxygen atoms in total. The van der Waals surface area contributed by atoms with E-state index in [-0.39, 0.29) is 13.1 Å². The van der Waals surface area contributed by atoms with Crippen molar-refractivity contribution in [2.75, 3.05) is 19.6 Å². The molecule has 19 heavy (non-hydrogen) atoms. The van der Waals surface area contributed by atoms with Gasteiger partial charge in [-0.3, -0.25) is 19.8 Å². The van der Waals surface area contributed by atoms with E-state index < -0.39 is 23.4 Å². The molecule has 0 aromatic rings. The first-order valence-electron chi connectivity index (χ1n) is 6.27. The minimum absolute atomic E-state index is 0.0342. The maximum Gasteiger partial charge on any atom is 0.321 e. The topological polar surface area (TPSA) is 105 Å². The van der Waals surface area contributed by atoms with Crippen LogP contribution in [0.5, 0.6) is 0 Å². The number of carbonyl (C=O) groups excluding carboxylic acids is 3. The number of imide groups is 1. The highest BCUT2D eigenvalue weighted by Crippen LogP contribution is 2.11. The third kappa shape index (κ3) is 8.15. The summed E-state index contributed by atoms with van der Waals surface area (Å²) in [5, 5.41) is 4.74. The molecule has 0 spiro atoms. The quantitative estimate of drug-likeness (QED) is 0.623. The maximum atomic E-state index is 11.7. The van der Waals surface area contributed by atoms with Crippen LogP contribution in [0, 0.1) is 0 Å². The van der Waals surface area contributed by atoms with E-state index in [0.29, 0.717) is 6.54 Å². The Morgan fingerprint density at radius 3 is 2.16 bits per heavy atom. The lowest BCUT2D eigenvalue weighted by atomic mass is 10.1. The van der Waals surface area contributed by atoms with Gasteiger partial charge in [0.15, 0.2) is 0 Å². The van der Waals surface area contributed by atoms with Gasteiger partial charge < -0.3 is 11.1 Å². The molecule has 0 bridgehead atoms. The Hall–Kier alpha value is -1.63. The molecule has 0 aliphatic rings. The van der Waals surface area contributed by atoms with Gasteiger partial charge >= 0.3 is 6.03 Å². The molecule has 0 aromatic carbocycles. The van der Waals surface area contributed by atoms with Crippen molar-refractivity contribution in [3.63, 3.8) is 0 Å². The van der Waals surface area contributed by atoms with Gasteiger partial charge in [-0.1, -0.05) is 6.92 Å². The van der Waals surface area contributed by atoms with E-state index in [4.69, 9.17) is 5.73 Å². The fourth-order valence-electron chi connectivity index (χ4n) is 1.34. The molecule has 0 saturated heterocycles. The largest absolute Gasteiger partial charge is 0.369 e. The van der Waals surface area contributed by atoms with Gasteiger partial charge in [-0.05, 0) is 27.2 Å². The highest BCUT2D eigenvalue weighted by molar-refractivity contribution is 5.95. The lowest BCUT2D eigenvalue weighted by molar-refractivity contribution is -0.125. The van der Waals surface area contributed by atoms with E-state index in [1.165, 1.54) is 0 Å². The molecule has 0 radical (unpaired) electrons. The second kappa shape index (κ2) is 7.73. The lowest BCUT2D eigenvalue weighted by Gasteiger charge is -2.33. The van der Waals surface area contributed by atoms with Crippen LogP contribution in [0.15, 0.2) is 0 Å². The number of nitrogens with one attached hydrogen (secondary N) is 2. The average molecular weight is 272 g/mol. The number of primary amides is 1. The van der Waals surface area contributed by atoms with Crippen molar-refractivity contribution >= 4 is 17.8 Å². The highest BCUT2D eigenvalue weighted by Gasteiger charge is 2.25. The van der Waals surface area contributed by atoms with Gasteiger partial charge in [-0.2, -0.15) is 0 Å². The SMILES string of the molecule is CCCNC(=O)NC(=O)CN(CC(N)=O)C(C)(C)C. The zero-order valence-electron chi connectivity index (χ0n) is 12.1. The Labute approximate surface area is 113 Å². The van der Waals surface area contributed by atoms with E-state index in [0.717, 1.165) is 6.42 Å². The monoisotopic (exact) mass is 272 g/mol. The summed E-state index contributed by atoms with van der Waals surface area (Å²) in [6.45, 7) is 7.90. The van der Waals surface area contributed by atoms with Crippen LogP contribution in [-0.4, -0.2) is 47.9 Å². The van der Waals surface area contributed by atoms with E-state index >= 15 is 0 Å². The smallest absolute Gasteiger partial charge is 0.321 e. The Bertz CT molecular complexity index is 336. The molecule has 0 aliphatic carbocycles. The number of amides is 4. The van der Waals surface area contributed by atoms with Crippen molar-refractivity contribution in [3.8, 4) is 0 Å². The molecule has 7 heteroatoms. The van der Waals surface area contributed by atoms with Crippen LogP contribution in [0.25, 0.3) is 0 Å². The van der Waals surface area contributed by atoms with Crippen LogP contribution in [0.2, 0.25) is 0 Å². The molecular formula is C12H24N4O3. The zero-order valence-corrected chi connectivity index (χ0v) is 12.1. The second-order valence-electron chi connectivity index (χ2n) is 5.30. The van der Waals surface area contributed by atoms with Crippen LogP contribution >= 0.6 is 0 Å². The molecule has 0 atom stereocenters. The summed E-state index contributed by atoms with van der Waals surface area (Å²) in [5.74, 6) is -0.983. The molecule has 0 aliphatic heterocycles. The van der Waals surface area contributed by atoms with Crippen molar-refractivity contribution in [1.82, 2.24) is 15.5 Å². The summed E-state index contributed by atoms with van der Waals surface area (Å²) >= 11 is 0. The first-order valence-corrected chi connectivity index (χ1v) is 6.27. The van der Waals surface area contributed by atoms with Crippen LogP contribution < -0.4 is 16.4 Å².